The number of ether oxygens (including phenoxy) is 2. The number of aryl methyl sites for hydroxylation is 3. The van der Waals surface area contributed by atoms with Gasteiger partial charge in [0, 0.05) is 75.7 Å². The Hall–Kier alpha value is -5.61. The fraction of sp³-hybridized carbons (Fsp3) is 0.469. The SMILES string of the molecule is Cc1cnc2ccc(=O)n(CCN3CCC(NCc4cc5c(cn4)OCCC5)CC3)c2c1.O=c1ccc2ncc(F)cc2n1CCN1CCC(NCc2cc3c(cn2)OCCC3)CC1. The van der Waals surface area contributed by atoms with Gasteiger partial charge in [0.05, 0.1) is 65.3 Å². The van der Waals surface area contributed by atoms with Crippen LogP contribution in [0.5, 0.6) is 11.5 Å². The minimum Gasteiger partial charge on any atom is -0.492 e. The summed E-state index contributed by atoms with van der Waals surface area (Å²) in [6.45, 7) is 12.0. The Labute approximate surface area is 372 Å². The number of rotatable bonds is 12. The topological polar surface area (TPSA) is 145 Å². The Balaban J connectivity index is 0.000000162. The lowest BCUT2D eigenvalue weighted by Crippen LogP contribution is -2.43. The minimum atomic E-state index is -0.426. The van der Waals surface area contributed by atoms with Crippen molar-refractivity contribution in [2.75, 3.05) is 52.5 Å². The van der Waals surface area contributed by atoms with E-state index in [0.29, 0.717) is 36.2 Å². The van der Waals surface area contributed by atoms with E-state index in [1.54, 1.807) is 16.7 Å². The van der Waals surface area contributed by atoms with Crippen LogP contribution < -0.4 is 31.2 Å². The van der Waals surface area contributed by atoms with Gasteiger partial charge in [-0.15, -0.1) is 0 Å². The molecule has 14 nitrogen and oxygen atoms in total. The molecule has 0 aromatic carbocycles. The lowest BCUT2D eigenvalue weighted by atomic mass is 10.0. The Kier molecular flexibility index (Phi) is 14.0. The third-order valence-electron chi connectivity index (χ3n) is 13.1. The van der Waals surface area contributed by atoms with Gasteiger partial charge in [-0.25, -0.2) is 4.39 Å². The molecule has 336 valence electrons. The van der Waals surface area contributed by atoms with Crippen LogP contribution >= 0.6 is 0 Å². The molecule has 2 N–H and O–H groups in total. The van der Waals surface area contributed by atoms with E-state index in [9.17, 15) is 14.0 Å². The molecule has 15 heteroatoms. The quantitative estimate of drug-likeness (QED) is 0.167. The van der Waals surface area contributed by atoms with Crippen LogP contribution in [0.3, 0.4) is 0 Å². The Bertz CT molecular complexity index is 2490. The lowest BCUT2D eigenvalue weighted by Gasteiger charge is -2.32. The smallest absolute Gasteiger partial charge is 0.251 e. The van der Waals surface area contributed by atoms with Crippen molar-refractivity contribution in [3.8, 4) is 11.5 Å². The number of hydrogen-bond acceptors (Lipinski definition) is 12. The molecule has 0 amide bonds. The Morgan fingerprint density at radius 2 is 1.09 bits per heavy atom. The first-order valence-electron chi connectivity index (χ1n) is 23.1. The van der Waals surface area contributed by atoms with Crippen LogP contribution in [0.2, 0.25) is 0 Å². The molecular weight excluding hydrogens is 812 g/mol. The number of halogens is 1. The monoisotopic (exact) mass is 870 g/mol. The summed E-state index contributed by atoms with van der Waals surface area (Å²) in [5.74, 6) is 1.45. The van der Waals surface area contributed by atoms with Crippen molar-refractivity contribution >= 4 is 22.1 Å². The third-order valence-corrected chi connectivity index (χ3v) is 13.1. The average Bonchev–Trinajstić information content (AvgIpc) is 3.33. The van der Waals surface area contributed by atoms with Crippen molar-refractivity contribution in [3.05, 3.63) is 128 Å². The number of nitrogens with zero attached hydrogens (tertiary/aromatic N) is 8. The number of aromatic nitrogens is 6. The fourth-order valence-corrected chi connectivity index (χ4v) is 9.38. The third kappa shape index (κ3) is 10.8. The van der Waals surface area contributed by atoms with Crippen LogP contribution in [0, 0.1) is 12.7 Å². The maximum atomic E-state index is 13.7. The van der Waals surface area contributed by atoms with Gasteiger partial charge in [-0.2, -0.15) is 0 Å². The zero-order valence-electron chi connectivity index (χ0n) is 36.8. The summed E-state index contributed by atoms with van der Waals surface area (Å²) in [5, 5.41) is 7.33. The first-order chi connectivity index (χ1) is 31.3. The molecule has 0 bridgehead atoms. The highest BCUT2D eigenvalue weighted by molar-refractivity contribution is 5.75. The molecule has 0 saturated carbocycles. The molecule has 0 unspecified atom stereocenters. The molecule has 10 rings (SSSR count). The van der Waals surface area contributed by atoms with Crippen molar-refractivity contribution in [3.63, 3.8) is 0 Å². The highest BCUT2D eigenvalue weighted by Gasteiger charge is 2.22. The number of fused-ring (bicyclic) bond motifs is 4. The van der Waals surface area contributed by atoms with Gasteiger partial charge in [0.2, 0.25) is 0 Å². The van der Waals surface area contributed by atoms with Crippen LogP contribution in [-0.2, 0) is 39.0 Å². The molecule has 2 saturated heterocycles. The van der Waals surface area contributed by atoms with Gasteiger partial charge in [0.25, 0.3) is 11.1 Å². The number of pyridine rings is 6. The average molecular weight is 871 g/mol. The molecule has 0 spiro atoms. The maximum absolute atomic E-state index is 13.7. The highest BCUT2D eigenvalue weighted by atomic mass is 19.1. The van der Waals surface area contributed by atoms with E-state index >= 15 is 0 Å². The molecule has 0 aliphatic carbocycles. The van der Waals surface area contributed by atoms with Gasteiger partial charge in [-0.3, -0.25) is 29.5 Å². The normalized spacial score (nSPS) is 17.3. The number of piperidine rings is 2. The summed E-state index contributed by atoms with van der Waals surface area (Å²) < 4.78 is 28.5. The fourth-order valence-electron chi connectivity index (χ4n) is 9.38. The molecule has 0 atom stereocenters. The van der Waals surface area contributed by atoms with Crippen molar-refractivity contribution in [2.24, 2.45) is 0 Å². The maximum Gasteiger partial charge on any atom is 0.251 e. The van der Waals surface area contributed by atoms with Crippen LogP contribution in [0.15, 0.2) is 82.9 Å². The van der Waals surface area contributed by atoms with Crippen LogP contribution in [-0.4, -0.2) is 103 Å². The molecular formula is C49H59FN10O4. The second kappa shape index (κ2) is 20.5. The summed E-state index contributed by atoms with van der Waals surface area (Å²) in [4.78, 5) is 47.3. The van der Waals surface area contributed by atoms with Crippen LogP contribution in [0.1, 0.15) is 66.6 Å². The Morgan fingerprint density at radius 3 is 1.61 bits per heavy atom. The molecule has 6 aromatic heterocycles. The zero-order chi connectivity index (χ0) is 43.8. The second-order valence-electron chi connectivity index (χ2n) is 17.6. The number of nitrogens with one attached hydrogen (secondary N) is 2. The summed E-state index contributed by atoms with van der Waals surface area (Å²) in [5.41, 5.74) is 8.69. The Morgan fingerprint density at radius 1 is 0.609 bits per heavy atom. The first kappa shape index (κ1) is 43.6. The summed E-state index contributed by atoms with van der Waals surface area (Å²) in [6, 6.07) is 15.4. The van der Waals surface area contributed by atoms with E-state index in [-0.39, 0.29) is 11.1 Å². The molecule has 64 heavy (non-hydrogen) atoms. The van der Waals surface area contributed by atoms with E-state index in [0.717, 1.165) is 156 Å². The molecule has 10 heterocycles. The van der Waals surface area contributed by atoms with E-state index in [4.69, 9.17) is 9.47 Å². The predicted octanol–water partition coefficient (Wildman–Crippen LogP) is 5.19. The van der Waals surface area contributed by atoms with Crippen molar-refractivity contribution in [1.29, 1.82) is 0 Å². The minimum absolute atomic E-state index is 0.0457. The summed E-state index contributed by atoms with van der Waals surface area (Å²) in [7, 11) is 0. The standard InChI is InChI=1S/C25H31N5O2.C24H28FN5O2/c1-18-13-23-22(28-15-18)4-5-25(31)30(23)11-10-29-8-6-20(7-9-29)26-16-21-14-19-3-2-12-32-24(19)17-27-21;25-18-13-22-21(28-14-18)3-4-24(31)30(22)10-9-29-7-5-19(6-8-29)26-15-20-12-17-2-1-11-32-23(17)16-27-20/h4-5,13-15,17,20,26H,2-3,6-12,16H2,1H3;3-4,12-14,16,19,26H,1-2,5-11,15H2. The van der Waals surface area contributed by atoms with Crippen molar-refractivity contribution in [1.82, 2.24) is 49.5 Å². The van der Waals surface area contributed by atoms with E-state index in [2.05, 4.69) is 58.6 Å². The van der Waals surface area contributed by atoms with Gasteiger partial charge in [-0.05, 0) is 131 Å². The summed E-state index contributed by atoms with van der Waals surface area (Å²) in [6.07, 6.45) is 15.4. The molecule has 4 aliphatic heterocycles. The van der Waals surface area contributed by atoms with Crippen LogP contribution in [0.4, 0.5) is 4.39 Å². The number of hydrogen-bond donors (Lipinski definition) is 2. The van der Waals surface area contributed by atoms with Gasteiger partial charge in [0.1, 0.15) is 17.3 Å². The molecule has 2 fully saturated rings. The van der Waals surface area contributed by atoms with Crippen molar-refractivity contribution in [2.45, 2.75) is 96.6 Å². The summed E-state index contributed by atoms with van der Waals surface area (Å²) >= 11 is 0. The molecule has 4 aliphatic rings. The van der Waals surface area contributed by atoms with Crippen molar-refractivity contribution < 1.29 is 13.9 Å². The van der Waals surface area contributed by atoms with E-state index in [1.807, 2.05) is 36.1 Å². The predicted molar refractivity (Wildman–Crippen MR) is 245 cm³/mol. The second-order valence-corrected chi connectivity index (χ2v) is 17.6. The van der Waals surface area contributed by atoms with Gasteiger partial charge in [0.15, 0.2) is 0 Å². The van der Waals surface area contributed by atoms with Gasteiger partial charge >= 0.3 is 0 Å². The number of likely N-dealkylation sites (tertiary alicyclic amines) is 2. The molecule has 0 radical (unpaired) electrons. The van der Waals surface area contributed by atoms with E-state index < -0.39 is 5.82 Å². The zero-order valence-corrected chi connectivity index (χ0v) is 36.8. The van der Waals surface area contributed by atoms with E-state index in [1.165, 1.54) is 29.5 Å². The van der Waals surface area contributed by atoms with Crippen LogP contribution in [0.25, 0.3) is 22.1 Å². The van der Waals surface area contributed by atoms with Gasteiger partial charge in [-0.1, -0.05) is 0 Å². The first-order valence-corrected chi connectivity index (χ1v) is 23.1. The lowest BCUT2D eigenvalue weighted by molar-refractivity contribution is 0.191. The largest absolute Gasteiger partial charge is 0.492 e. The highest BCUT2D eigenvalue weighted by Crippen LogP contribution is 2.26. The van der Waals surface area contributed by atoms with Gasteiger partial charge < -0.3 is 39.0 Å². The molecule has 6 aromatic rings.